The molecule has 0 fully saturated rings. The topological polar surface area (TPSA) is 75.6 Å². The maximum Gasteiger partial charge on any atom is 0.407 e. The Balaban J connectivity index is 2.52. The Labute approximate surface area is 194 Å². The van der Waals surface area contributed by atoms with Crippen molar-refractivity contribution in [2.75, 3.05) is 0 Å². The highest BCUT2D eigenvalue weighted by Gasteiger charge is 2.41. The van der Waals surface area contributed by atoms with E-state index in [0.717, 1.165) is 0 Å². The van der Waals surface area contributed by atoms with Crippen LogP contribution in [0.5, 0.6) is 0 Å². The summed E-state index contributed by atoms with van der Waals surface area (Å²) in [5, 5.41) is 16.1. The van der Waals surface area contributed by atoms with Gasteiger partial charge >= 0.3 is 6.09 Å². The largest absolute Gasteiger partial charge is 0.444 e. The van der Waals surface area contributed by atoms with Gasteiger partial charge in [0.2, 0.25) is 0 Å². The van der Waals surface area contributed by atoms with Crippen molar-refractivity contribution in [3.8, 4) is 0 Å². The lowest BCUT2D eigenvalue weighted by atomic mass is 10.0. The molecule has 0 aromatic heterocycles. The minimum absolute atomic E-state index is 0.124. The van der Waals surface area contributed by atoms with E-state index in [9.17, 15) is 14.5 Å². The van der Waals surface area contributed by atoms with Gasteiger partial charge in [0.25, 0.3) is 0 Å². The summed E-state index contributed by atoms with van der Waals surface area (Å²) in [7, 11) is -3.61. The zero-order chi connectivity index (χ0) is 23.4. The molecule has 0 aliphatic rings. The Hall–Kier alpha value is -1.52. The average molecular weight is 486 g/mol. The smallest absolute Gasteiger partial charge is 0.407 e. The Morgan fingerprint density at radius 2 is 1.42 bits per heavy atom. The molecule has 2 rings (SSSR count). The number of aliphatic hydroxyl groups is 1. The molecule has 8 heteroatoms. The van der Waals surface area contributed by atoms with Gasteiger partial charge in [-0.25, -0.2) is 4.79 Å². The van der Waals surface area contributed by atoms with Crippen LogP contribution in [0.25, 0.3) is 0 Å². The number of benzene rings is 2. The van der Waals surface area contributed by atoms with Gasteiger partial charge in [0.15, 0.2) is 7.14 Å². The van der Waals surface area contributed by atoms with Crippen LogP contribution in [0.4, 0.5) is 4.79 Å². The van der Waals surface area contributed by atoms with Crippen LogP contribution in [-0.4, -0.2) is 28.7 Å². The van der Waals surface area contributed by atoms with Crippen LogP contribution in [0.2, 0.25) is 10.0 Å². The Bertz CT molecular complexity index is 875. The standard InChI is InChI=1S/C23H30Cl2NO4P/c1-15(2)14-20(26-22(28)30-23(3,4)5)21(27)31(29,18-10-6-16(24)7-11-18)19-12-8-17(25)9-13-19/h6-13,15,20-21,27H,14H2,1-5H3,(H,26,28). The molecule has 0 bridgehead atoms. The van der Waals surface area contributed by atoms with E-state index in [-0.39, 0.29) is 5.92 Å². The van der Waals surface area contributed by atoms with Crippen LogP contribution < -0.4 is 15.9 Å². The second-order valence-corrected chi connectivity index (χ2v) is 12.7. The highest BCUT2D eigenvalue weighted by molar-refractivity contribution is 7.79. The van der Waals surface area contributed by atoms with E-state index in [0.29, 0.717) is 27.1 Å². The van der Waals surface area contributed by atoms with E-state index in [2.05, 4.69) is 5.32 Å². The molecule has 0 saturated heterocycles. The van der Waals surface area contributed by atoms with Crippen molar-refractivity contribution < 1.29 is 19.2 Å². The molecule has 0 aliphatic heterocycles. The Morgan fingerprint density at radius 1 is 1.00 bits per heavy atom. The third-order valence-corrected chi connectivity index (χ3v) is 8.32. The lowest BCUT2D eigenvalue weighted by Crippen LogP contribution is -2.48. The van der Waals surface area contributed by atoms with Crippen LogP contribution in [0, 0.1) is 5.92 Å². The fraction of sp³-hybridized carbons (Fsp3) is 0.435. The second kappa shape index (κ2) is 10.4. The molecule has 0 spiro atoms. The zero-order valence-corrected chi connectivity index (χ0v) is 20.8. The van der Waals surface area contributed by atoms with Crippen molar-refractivity contribution in [3.05, 3.63) is 58.6 Å². The van der Waals surface area contributed by atoms with Crippen LogP contribution in [-0.2, 0) is 9.30 Å². The first-order chi connectivity index (χ1) is 14.3. The molecule has 1 amide bonds. The third kappa shape index (κ3) is 6.98. The summed E-state index contributed by atoms with van der Waals surface area (Å²) in [6, 6.07) is 12.3. The summed E-state index contributed by atoms with van der Waals surface area (Å²) in [5.41, 5.74) is -0.701. The summed E-state index contributed by atoms with van der Waals surface area (Å²) in [4.78, 5) is 12.5. The number of nitrogens with one attached hydrogen (secondary N) is 1. The lowest BCUT2D eigenvalue weighted by molar-refractivity contribution is 0.0458. The van der Waals surface area contributed by atoms with Crippen molar-refractivity contribution in [3.63, 3.8) is 0 Å². The zero-order valence-electron chi connectivity index (χ0n) is 18.4. The fourth-order valence-electron chi connectivity index (χ4n) is 3.26. The van der Waals surface area contributed by atoms with Gasteiger partial charge in [0.05, 0.1) is 6.04 Å². The van der Waals surface area contributed by atoms with Gasteiger partial charge in [-0.3, -0.25) is 0 Å². The van der Waals surface area contributed by atoms with Gasteiger partial charge < -0.3 is 19.7 Å². The SMILES string of the molecule is CC(C)CC(NC(=O)OC(C)(C)C)C(O)P(=O)(c1ccc(Cl)cc1)c1ccc(Cl)cc1. The average Bonchev–Trinajstić information content (AvgIpc) is 2.65. The van der Waals surface area contributed by atoms with E-state index in [1.165, 1.54) is 0 Å². The normalized spacial score (nSPS) is 14.2. The van der Waals surface area contributed by atoms with Crippen molar-refractivity contribution in [1.82, 2.24) is 5.32 Å². The molecule has 0 heterocycles. The summed E-state index contributed by atoms with van der Waals surface area (Å²) in [6.45, 7) is 9.20. The van der Waals surface area contributed by atoms with Gasteiger partial charge in [-0.05, 0) is 81.6 Å². The molecular weight excluding hydrogens is 456 g/mol. The first kappa shape index (κ1) is 25.7. The molecule has 31 heavy (non-hydrogen) atoms. The van der Waals surface area contributed by atoms with Gasteiger partial charge in [-0.15, -0.1) is 0 Å². The third-order valence-electron chi connectivity index (χ3n) is 4.58. The first-order valence-corrected chi connectivity index (χ1v) is 12.7. The van der Waals surface area contributed by atoms with E-state index in [4.69, 9.17) is 27.9 Å². The highest BCUT2D eigenvalue weighted by Crippen LogP contribution is 2.49. The number of ether oxygens (including phenoxy) is 1. The maximum absolute atomic E-state index is 14.5. The van der Waals surface area contributed by atoms with Gasteiger partial charge in [0.1, 0.15) is 11.4 Å². The summed E-state index contributed by atoms with van der Waals surface area (Å²) in [6.07, 6.45) is -0.262. The molecule has 170 valence electrons. The highest BCUT2D eigenvalue weighted by atomic mass is 35.5. The molecule has 2 atom stereocenters. The number of hydrogen-bond donors (Lipinski definition) is 2. The number of hydrogen-bond acceptors (Lipinski definition) is 4. The van der Waals surface area contributed by atoms with Gasteiger partial charge in [-0.1, -0.05) is 37.0 Å². The van der Waals surface area contributed by atoms with E-state index < -0.39 is 30.7 Å². The first-order valence-electron chi connectivity index (χ1n) is 10.1. The number of alkyl carbamates (subject to hydrolysis) is 1. The predicted molar refractivity (Wildman–Crippen MR) is 128 cm³/mol. The van der Waals surface area contributed by atoms with Crippen molar-refractivity contribution in [1.29, 1.82) is 0 Å². The molecule has 0 saturated carbocycles. The van der Waals surface area contributed by atoms with Crippen LogP contribution in [0.1, 0.15) is 41.0 Å². The Kier molecular flexibility index (Phi) is 8.63. The number of carbonyl (C=O) groups excluding carboxylic acids is 1. The molecule has 0 aliphatic carbocycles. The minimum Gasteiger partial charge on any atom is -0.444 e. The van der Waals surface area contributed by atoms with Crippen LogP contribution in [0.15, 0.2) is 48.5 Å². The van der Waals surface area contributed by atoms with Crippen molar-refractivity contribution in [2.45, 2.75) is 58.5 Å². The molecule has 2 N–H and O–H groups in total. The van der Waals surface area contributed by atoms with Crippen molar-refractivity contribution >= 4 is 47.0 Å². The van der Waals surface area contributed by atoms with Crippen molar-refractivity contribution in [2.24, 2.45) is 5.92 Å². The molecule has 2 aromatic rings. The number of carbonyl (C=O) groups is 1. The molecular formula is C23H30Cl2NO4P. The van der Waals surface area contributed by atoms with E-state index >= 15 is 0 Å². The molecule has 2 aromatic carbocycles. The summed E-state index contributed by atoms with van der Waals surface area (Å²) < 4.78 is 19.9. The van der Waals surface area contributed by atoms with Crippen LogP contribution in [0.3, 0.4) is 0 Å². The molecule has 0 radical (unpaired) electrons. The molecule has 5 nitrogen and oxygen atoms in total. The summed E-state index contributed by atoms with van der Waals surface area (Å²) >= 11 is 12.1. The minimum atomic E-state index is -3.61. The Morgan fingerprint density at radius 3 is 1.77 bits per heavy atom. The quantitative estimate of drug-likeness (QED) is 0.503. The lowest BCUT2D eigenvalue weighted by Gasteiger charge is -2.33. The van der Waals surface area contributed by atoms with Crippen LogP contribution >= 0.6 is 30.3 Å². The second-order valence-electron chi connectivity index (χ2n) is 8.91. The fourth-order valence-corrected chi connectivity index (χ4v) is 6.30. The number of rotatable bonds is 7. The number of amides is 1. The molecule has 2 unspecified atom stereocenters. The van der Waals surface area contributed by atoms with Gasteiger partial charge in [-0.2, -0.15) is 0 Å². The van der Waals surface area contributed by atoms with Gasteiger partial charge in [0, 0.05) is 20.7 Å². The number of halogens is 2. The van der Waals surface area contributed by atoms with E-state index in [1.807, 2.05) is 13.8 Å². The monoisotopic (exact) mass is 485 g/mol. The maximum atomic E-state index is 14.5. The summed E-state index contributed by atoms with van der Waals surface area (Å²) in [5.74, 6) is -1.26. The predicted octanol–water partition coefficient (Wildman–Crippen LogP) is 5.57. The van der Waals surface area contributed by atoms with E-state index in [1.54, 1.807) is 69.3 Å². The number of aliphatic hydroxyl groups excluding tert-OH is 1.